The topological polar surface area (TPSA) is 76.8 Å². The van der Waals surface area contributed by atoms with Crippen LogP contribution in [0.15, 0.2) is 34.1 Å². The van der Waals surface area contributed by atoms with Crippen LogP contribution in [0, 0.1) is 0 Å². The number of rotatable bonds is 3. The molecule has 4 N–H and O–H groups in total. The van der Waals surface area contributed by atoms with Gasteiger partial charge in [-0.3, -0.25) is 4.99 Å². The quantitative estimate of drug-likeness (QED) is 0.348. The smallest absolute Gasteiger partial charge is 0.109 e. The molecule has 0 fully saturated rings. The summed E-state index contributed by atoms with van der Waals surface area (Å²) < 4.78 is 0. The van der Waals surface area contributed by atoms with Gasteiger partial charge in [0.2, 0.25) is 0 Å². The molecule has 0 bridgehead atoms. The minimum Gasteiger partial charge on any atom is -0.403 e. The van der Waals surface area contributed by atoms with Crippen molar-refractivity contribution in [2.75, 3.05) is 0 Å². The van der Waals surface area contributed by atoms with E-state index in [0.717, 1.165) is 0 Å². The SMILES string of the molecule is C=NC(=C\N)/C(/C=C\C)=N\N. The van der Waals surface area contributed by atoms with Crippen molar-refractivity contribution in [1.29, 1.82) is 0 Å². The Bertz CT molecular complexity index is 212. The number of hydrogen-bond acceptors (Lipinski definition) is 4. The second kappa shape index (κ2) is 5.22. The third-order valence-corrected chi connectivity index (χ3v) is 1.05. The molecule has 0 aromatic carbocycles. The van der Waals surface area contributed by atoms with Gasteiger partial charge in [-0.1, -0.05) is 6.08 Å². The molecule has 0 heterocycles. The van der Waals surface area contributed by atoms with Crippen molar-refractivity contribution in [2.45, 2.75) is 6.92 Å². The van der Waals surface area contributed by atoms with Gasteiger partial charge in [-0.15, -0.1) is 0 Å². The zero-order valence-electron chi connectivity index (χ0n) is 6.49. The summed E-state index contributed by atoms with van der Waals surface area (Å²) in [7, 11) is 0. The Hall–Kier alpha value is -1.58. The van der Waals surface area contributed by atoms with Crippen LogP contribution in [0.1, 0.15) is 6.92 Å². The molecule has 0 atom stereocenters. The standard InChI is InChI=1S/C7H12N4/c1-3-4-6(11-9)7(5-8)10-2/h3-5H,2,8-9H2,1H3/b4-3-,7-5-,11-6-. The van der Waals surface area contributed by atoms with Crippen molar-refractivity contribution in [3.63, 3.8) is 0 Å². The van der Waals surface area contributed by atoms with Gasteiger partial charge < -0.3 is 11.6 Å². The minimum atomic E-state index is 0.477. The fraction of sp³-hybridized carbons (Fsp3) is 0.143. The molecule has 0 aliphatic carbocycles. The number of allylic oxidation sites excluding steroid dienone is 2. The van der Waals surface area contributed by atoms with Crippen molar-refractivity contribution in [1.82, 2.24) is 0 Å². The van der Waals surface area contributed by atoms with Gasteiger partial charge >= 0.3 is 0 Å². The second-order valence-corrected chi connectivity index (χ2v) is 1.72. The van der Waals surface area contributed by atoms with Crippen LogP contribution in [-0.4, -0.2) is 12.4 Å². The lowest BCUT2D eigenvalue weighted by Crippen LogP contribution is -2.02. The molecule has 0 saturated carbocycles. The van der Waals surface area contributed by atoms with Gasteiger partial charge in [-0.25, -0.2) is 0 Å². The summed E-state index contributed by atoms with van der Waals surface area (Å²) >= 11 is 0. The second-order valence-electron chi connectivity index (χ2n) is 1.72. The summed E-state index contributed by atoms with van der Waals surface area (Å²) in [6, 6.07) is 0. The molecule has 0 spiro atoms. The van der Waals surface area contributed by atoms with Gasteiger partial charge in [-0.05, 0) is 19.7 Å². The molecule has 4 heteroatoms. The summed E-state index contributed by atoms with van der Waals surface area (Å²) in [5, 5.41) is 3.47. The number of nitrogens with two attached hydrogens (primary N) is 2. The molecule has 60 valence electrons. The Balaban J connectivity index is 4.64. The van der Waals surface area contributed by atoms with Gasteiger partial charge in [0.1, 0.15) is 11.4 Å². The lowest BCUT2D eigenvalue weighted by Gasteiger charge is -1.96. The molecular formula is C7H12N4. The Morgan fingerprint density at radius 2 is 2.18 bits per heavy atom. The van der Waals surface area contributed by atoms with E-state index < -0.39 is 0 Å². The van der Waals surface area contributed by atoms with Crippen LogP contribution >= 0.6 is 0 Å². The zero-order valence-corrected chi connectivity index (χ0v) is 6.49. The monoisotopic (exact) mass is 152 g/mol. The van der Waals surface area contributed by atoms with Crippen molar-refractivity contribution in [3.05, 3.63) is 24.0 Å². The fourth-order valence-electron chi connectivity index (χ4n) is 0.572. The predicted molar refractivity (Wildman–Crippen MR) is 48.3 cm³/mol. The van der Waals surface area contributed by atoms with Crippen molar-refractivity contribution >= 4 is 12.4 Å². The zero-order chi connectivity index (χ0) is 8.69. The van der Waals surface area contributed by atoms with Gasteiger partial charge in [0.25, 0.3) is 0 Å². The van der Waals surface area contributed by atoms with E-state index in [9.17, 15) is 0 Å². The molecule has 0 aliphatic heterocycles. The first kappa shape index (κ1) is 9.42. The number of aliphatic imine (C=N–C) groups is 1. The summed E-state index contributed by atoms with van der Waals surface area (Å²) in [5.41, 5.74) is 6.22. The molecule has 0 saturated heterocycles. The van der Waals surface area contributed by atoms with E-state index in [4.69, 9.17) is 11.6 Å². The molecular weight excluding hydrogens is 140 g/mol. The summed E-state index contributed by atoms with van der Waals surface area (Å²) in [6.45, 7) is 5.16. The van der Waals surface area contributed by atoms with Crippen molar-refractivity contribution < 1.29 is 0 Å². The highest BCUT2D eigenvalue weighted by atomic mass is 15.1. The first-order valence-electron chi connectivity index (χ1n) is 3.09. The number of hydrazone groups is 1. The highest BCUT2D eigenvalue weighted by Gasteiger charge is 1.97. The predicted octanol–water partition coefficient (Wildman–Crippen LogP) is 0.378. The summed E-state index contributed by atoms with van der Waals surface area (Å²) in [5.74, 6) is 5.06. The third kappa shape index (κ3) is 2.66. The maximum atomic E-state index is 5.22. The first-order chi connectivity index (χ1) is 5.29. The van der Waals surface area contributed by atoms with Crippen LogP contribution in [-0.2, 0) is 0 Å². The van der Waals surface area contributed by atoms with Gasteiger partial charge in [0.15, 0.2) is 0 Å². The van der Waals surface area contributed by atoms with Crippen molar-refractivity contribution in [3.8, 4) is 0 Å². The van der Waals surface area contributed by atoms with Crippen LogP contribution in [0.2, 0.25) is 0 Å². The van der Waals surface area contributed by atoms with Crippen LogP contribution < -0.4 is 11.6 Å². The summed E-state index contributed by atoms with van der Waals surface area (Å²) in [4.78, 5) is 3.62. The summed E-state index contributed by atoms with van der Waals surface area (Å²) in [6.07, 6.45) is 4.80. The molecule has 0 rings (SSSR count). The van der Waals surface area contributed by atoms with E-state index in [2.05, 4.69) is 16.8 Å². The van der Waals surface area contributed by atoms with E-state index in [0.29, 0.717) is 11.4 Å². The number of nitrogens with zero attached hydrogens (tertiary/aromatic N) is 2. The van der Waals surface area contributed by atoms with Crippen LogP contribution in [0.3, 0.4) is 0 Å². The molecule has 0 unspecified atom stereocenters. The lowest BCUT2D eigenvalue weighted by molar-refractivity contribution is 1.23. The fourth-order valence-corrected chi connectivity index (χ4v) is 0.572. The average Bonchev–Trinajstić information content (AvgIpc) is 2.05. The molecule has 0 aromatic heterocycles. The normalized spacial score (nSPS) is 13.9. The van der Waals surface area contributed by atoms with E-state index in [-0.39, 0.29) is 0 Å². The lowest BCUT2D eigenvalue weighted by atomic mass is 10.2. The Kier molecular flexibility index (Phi) is 4.47. The average molecular weight is 152 g/mol. The molecule has 0 aromatic rings. The van der Waals surface area contributed by atoms with Gasteiger partial charge in [-0.2, -0.15) is 5.10 Å². The highest BCUT2D eigenvalue weighted by Crippen LogP contribution is 1.97. The maximum Gasteiger partial charge on any atom is 0.109 e. The Morgan fingerprint density at radius 1 is 1.55 bits per heavy atom. The molecule has 0 radical (unpaired) electrons. The minimum absolute atomic E-state index is 0.477. The first-order valence-corrected chi connectivity index (χ1v) is 3.09. The van der Waals surface area contributed by atoms with Crippen LogP contribution in [0.25, 0.3) is 0 Å². The van der Waals surface area contributed by atoms with E-state index in [1.807, 2.05) is 6.92 Å². The molecule has 0 amide bonds. The Labute approximate surface area is 66.0 Å². The molecule has 0 aliphatic rings. The maximum absolute atomic E-state index is 5.22. The van der Waals surface area contributed by atoms with Crippen molar-refractivity contribution in [2.24, 2.45) is 21.7 Å². The third-order valence-electron chi connectivity index (χ3n) is 1.05. The Morgan fingerprint density at radius 3 is 2.45 bits per heavy atom. The number of hydrogen-bond donors (Lipinski definition) is 2. The molecule has 11 heavy (non-hydrogen) atoms. The van der Waals surface area contributed by atoms with E-state index in [1.165, 1.54) is 6.20 Å². The van der Waals surface area contributed by atoms with Gasteiger partial charge in [0.05, 0.1) is 0 Å². The highest BCUT2D eigenvalue weighted by molar-refractivity contribution is 6.08. The van der Waals surface area contributed by atoms with Crippen LogP contribution in [0.4, 0.5) is 0 Å². The van der Waals surface area contributed by atoms with E-state index >= 15 is 0 Å². The van der Waals surface area contributed by atoms with Gasteiger partial charge in [0, 0.05) is 6.20 Å². The molecule has 4 nitrogen and oxygen atoms in total. The van der Waals surface area contributed by atoms with E-state index in [1.54, 1.807) is 12.2 Å². The largest absolute Gasteiger partial charge is 0.403 e. The van der Waals surface area contributed by atoms with Crippen LogP contribution in [0.5, 0.6) is 0 Å².